The molecule has 3 heteroatoms. The highest BCUT2D eigenvalue weighted by molar-refractivity contribution is 5.75. The summed E-state index contributed by atoms with van der Waals surface area (Å²) in [6.07, 6.45) is 7.92. The van der Waals surface area contributed by atoms with Gasteiger partial charge in [0.2, 0.25) is 0 Å². The lowest BCUT2D eigenvalue weighted by atomic mass is 9.46. The lowest BCUT2D eigenvalue weighted by molar-refractivity contribution is -0.164. The van der Waals surface area contributed by atoms with Gasteiger partial charge in [0.15, 0.2) is 0 Å². The molecule has 0 amide bonds. The van der Waals surface area contributed by atoms with E-state index < -0.39 is 11.4 Å². The number of hydrogen-bond donors (Lipinski definition) is 2. The van der Waals surface area contributed by atoms with Crippen LogP contribution in [0.3, 0.4) is 0 Å². The summed E-state index contributed by atoms with van der Waals surface area (Å²) in [5.41, 5.74) is 0.817. The highest BCUT2D eigenvalue weighted by Crippen LogP contribution is 2.62. The van der Waals surface area contributed by atoms with Gasteiger partial charge in [-0.3, -0.25) is 4.79 Å². The Morgan fingerprint density at radius 2 is 2.04 bits per heavy atom. The quantitative estimate of drug-likeness (QED) is 0.700. The van der Waals surface area contributed by atoms with E-state index in [-0.39, 0.29) is 17.9 Å². The lowest BCUT2D eigenvalue weighted by Gasteiger charge is -2.57. The first-order valence-corrected chi connectivity index (χ1v) is 9.27. The summed E-state index contributed by atoms with van der Waals surface area (Å²) in [5.74, 6) is 0.589. The second-order valence-electron chi connectivity index (χ2n) is 8.58. The van der Waals surface area contributed by atoms with Gasteiger partial charge in [-0.15, -0.1) is 0 Å². The predicted molar refractivity (Wildman–Crippen MR) is 93.2 cm³/mol. The molecule has 0 heterocycles. The first-order valence-electron chi connectivity index (χ1n) is 9.27. The van der Waals surface area contributed by atoms with E-state index in [4.69, 9.17) is 5.11 Å². The fourth-order valence-electron chi connectivity index (χ4n) is 5.55. The molecule has 23 heavy (non-hydrogen) atoms. The molecule has 0 aromatic rings. The number of carboxylic acid groups (broad SMARTS) is 1. The van der Waals surface area contributed by atoms with E-state index in [1.54, 1.807) is 0 Å². The molecule has 0 spiro atoms. The lowest BCUT2D eigenvalue weighted by Crippen LogP contribution is -2.53. The number of aliphatic carboxylic acids is 1. The van der Waals surface area contributed by atoms with Gasteiger partial charge in [0.05, 0.1) is 5.41 Å². The molecule has 3 nitrogen and oxygen atoms in total. The van der Waals surface area contributed by atoms with Gasteiger partial charge in [0.25, 0.3) is 0 Å². The summed E-state index contributed by atoms with van der Waals surface area (Å²) in [4.78, 5) is 12.0. The topological polar surface area (TPSA) is 57.5 Å². The zero-order valence-corrected chi connectivity index (χ0v) is 15.1. The van der Waals surface area contributed by atoms with Crippen LogP contribution in [0.2, 0.25) is 0 Å². The van der Waals surface area contributed by atoms with Crippen molar-refractivity contribution in [1.29, 1.82) is 0 Å². The maximum Gasteiger partial charge on any atom is 0.309 e. The predicted octanol–water partition coefficient (Wildman–Crippen LogP) is 4.65. The smallest absolute Gasteiger partial charge is 0.309 e. The first kappa shape index (κ1) is 18.5. The minimum atomic E-state index is -0.617. The van der Waals surface area contributed by atoms with E-state index in [0.29, 0.717) is 11.8 Å². The Morgan fingerprint density at radius 1 is 1.35 bits per heavy atom. The molecular weight excluding hydrogens is 288 g/mol. The average molecular weight is 322 g/mol. The van der Waals surface area contributed by atoms with Crippen LogP contribution in [0.1, 0.15) is 72.1 Å². The van der Waals surface area contributed by atoms with Crippen molar-refractivity contribution in [2.75, 3.05) is 6.61 Å². The van der Waals surface area contributed by atoms with E-state index in [2.05, 4.69) is 20.4 Å². The SMILES string of the molecule is C=C1CC[C@H]2[C@@](C)(CCC[C@@]2(C)C(=O)O)[C@@H]1CCC(C)CCO. The number of fused-ring (bicyclic) bond motifs is 1. The maximum atomic E-state index is 12.0. The number of carbonyl (C=O) groups is 1. The normalized spacial score (nSPS) is 38.9. The molecule has 0 saturated heterocycles. The molecule has 0 bridgehead atoms. The van der Waals surface area contributed by atoms with Gasteiger partial charge in [-0.05, 0) is 68.6 Å². The number of aliphatic hydroxyl groups excluding tert-OH is 1. The van der Waals surface area contributed by atoms with Gasteiger partial charge < -0.3 is 10.2 Å². The zero-order chi connectivity index (χ0) is 17.3. The zero-order valence-electron chi connectivity index (χ0n) is 15.1. The van der Waals surface area contributed by atoms with E-state index in [1.165, 1.54) is 5.57 Å². The van der Waals surface area contributed by atoms with E-state index in [9.17, 15) is 9.90 Å². The minimum absolute atomic E-state index is 0.0691. The number of rotatable bonds is 6. The molecule has 0 radical (unpaired) electrons. The highest BCUT2D eigenvalue weighted by atomic mass is 16.4. The van der Waals surface area contributed by atoms with Crippen molar-refractivity contribution < 1.29 is 15.0 Å². The van der Waals surface area contributed by atoms with E-state index >= 15 is 0 Å². The van der Waals surface area contributed by atoms with Gasteiger partial charge >= 0.3 is 5.97 Å². The van der Waals surface area contributed by atoms with Crippen LogP contribution in [0, 0.1) is 28.6 Å². The Morgan fingerprint density at radius 3 is 2.65 bits per heavy atom. The van der Waals surface area contributed by atoms with Crippen molar-refractivity contribution in [3.63, 3.8) is 0 Å². The van der Waals surface area contributed by atoms with Gasteiger partial charge in [-0.1, -0.05) is 38.8 Å². The molecule has 0 aromatic carbocycles. The highest BCUT2D eigenvalue weighted by Gasteiger charge is 2.57. The summed E-state index contributed by atoms with van der Waals surface area (Å²) in [6, 6.07) is 0. The average Bonchev–Trinajstić information content (AvgIpc) is 2.46. The Kier molecular flexibility index (Phi) is 5.60. The minimum Gasteiger partial charge on any atom is -0.481 e. The van der Waals surface area contributed by atoms with Crippen LogP contribution in [0.4, 0.5) is 0 Å². The molecule has 5 atom stereocenters. The van der Waals surface area contributed by atoms with Gasteiger partial charge in [-0.2, -0.15) is 0 Å². The standard InChI is InChI=1S/C20H34O3/c1-14(10-13-21)6-8-16-15(2)7-9-17-19(16,3)11-5-12-20(17,4)18(22)23/h14,16-17,21H,2,5-13H2,1,3-4H3,(H,22,23)/t14?,16-,17+,19+,20-/m1/s1. The third-order valence-corrected chi connectivity index (χ3v) is 7.08. The van der Waals surface area contributed by atoms with Gasteiger partial charge in [0, 0.05) is 6.61 Å². The molecule has 2 rings (SSSR count). The number of allylic oxidation sites excluding steroid dienone is 1. The second kappa shape index (κ2) is 6.96. The molecule has 2 fully saturated rings. The molecule has 132 valence electrons. The maximum absolute atomic E-state index is 12.0. The van der Waals surface area contributed by atoms with Crippen LogP contribution in [-0.4, -0.2) is 22.8 Å². The molecule has 0 aliphatic heterocycles. The van der Waals surface area contributed by atoms with Crippen LogP contribution >= 0.6 is 0 Å². The van der Waals surface area contributed by atoms with Crippen LogP contribution in [0.25, 0.3) is 0 Å². The third kappa shape index (κ3) is 3.35. The van der Waals surface area contributed by atoms with Crippen molar-refractivity contribution in [3.8, 4) is 0 Å². The van der Waals surface area contributed by atoms with Crippen molar-refractivity contribution >= 4 is 5.97 Å². The summed E-state index contributed by atoms with van der Waals surface area (Å²) in [6.45, 7) is 11.1. The number of hydrogen-bond acceptors (Lipinski definition) is 2. The number of carboxylic acids is 1. The van der Waals surface area contributed by atoms with E-state index in [1.807, 2.05) is 6.92 Å². The fraction of sp³-hybridized carbons (Fsp3) is 0.850. The molecule has 2 aliphatic carbocycles. The Balaban J connectivity index is 2.21. The Bertz CT molecular complexity index is 458. The van der Waals surface area contributed by atoms with Crippen molar-refractivity contribution in [2.45, 2.75) is 72.1 Å². The molecule has 2 N–H and O–H groups in total. The summed E-state index contributed by atoms with van der Waals surface area (Å²) < 4.78 is 0. The van der Waals surface area contributed by atoms with Gasteiger partial charge in [-0.25, -0.2) is 0 Å². The van der Waals surface area contributed by atoms with Crippen molar-refractivity contribution in [1.82, 2.24) is 0 Å². The Labute approximate surface area is 141 Å². The molecular formula is C20H34O3. The second-order valence-corrected chi connectivity index (χ2v) is 8.58. The molecule has 1 unspecified atom stereocenters. The summed E-state index contributed by atoms with van der Waals surface area (Å²) in [5, 5.41) is 19.0. The van der Waals surface area contributed by atoms with Crippen molar-refractivity contribution in [3.05, 3.63) is 12.2 Å². The fourth-order valence-corrected chi connectivity index (χ4v) is 5.55. The van der Waals surface area contributed by atoms with Crippen LogP contribution in [-0.2, 0) is 4.79 Å². The summed E-state index contributed by atoms with van der Waals surface area (Å²) in [7, 11) is 0. The van der Waals surface area contributed by atoms with Crippen LogP contribution < -0.4 is 0 Å². The Hall–Kier alpha value is -0.830. The molecule has 2 saturated carbocycles. The molecule has 0 aromatic heterocycles. The van der Waals surface area contributed by atoms with Crippen LogP contribution in [0.5, 0.6) is 0 Å². The first-order chi connectivity index (χ1) is 10.8. The molecule has 2 aliphatic rings. The van der Waals surface area contributed by atoms with Gasteiger partial charge in [0.1, 0.15) is 0 Å². The van der Waals surface area contributed by atoms with Crippen molar-refractivity contribution in [2.24, 2.45) is 28.6 Å². The van der Waals surface area contributed by atoms with E-state index in [0.717, 1.165) is 51.4 Å². The van der Waals surface area contributed by atoms with Crippen LogP contribution in [0.15, 0.2) is 12.2 Å². The third-order valence-electron chi connectivity index (χ3n) is 7.08. The number of aliphatic hydroxyl groups is 1. The largest absolute Gasteiger partial charge is 0.481 e. The summed E-state index contributed by atoms with van der Waals surface area (Å²) >= 11 is 0. The monoisotopic (exact) mass is 322 g/mol.